The molecule has 0 radical (unpaired) electrons. The number of hydrogen-bond acceptors (Lipinski definition) is 2. The molecule has 2 rings (SSSR count). The van der Waals surface area contributed by atoms with Gasteiger partial charge in [-0.2, -0.15) is 0 Å². The van der Waals surface area contributed by atoms with E-state index in [0.29, 0.717) is 12.8 Å². The summed E-state index contributed by atoms with van der Waals surface area (Å²) in [5, 5.41) is 8.72. The molecule has 0 aromatic rings. The summed E-state index contributed by atoms with van der Waals surface area (Å²) in [5.41, 5.74) is 0. The number of alkyl halides is 1. The number of halogens is 1. The van der Waals surface area contributed by atoms with Gasteiger partial charge < -0.3 is 5.11 Å². The van der Waals surface area contributed by atoms with Crippen LogP contribution in [0.3, 0.4) is 0 Å². The SMILES string of the molecule is O=C(O)[C@@H]1[C@@H]2CC(=O)[C@@H]1C[C@H]2Cl. The molecule has 2 aliphatic rings. The lowest BCUT2D eigenvalue weighted by Gasteiger charge is -2.12. The van der Waals surface area contributed by atoms with Crippen molar-refractivity contribution in [2.75, 3.05) is 0 Å². The number of carboxylic acids is 1. The van der Waals surface area contributed by atoms with E-state index in [-0.39, 0.29) is 23.0 Å². The lowest BCUT2D eigenvalue weighted by atomic mass is 9.98. The predicted octanol–water partition coefficient (Wildman–Crippen LogP) is 0.904. The van der Waals surface area contributed by atoms with E-state index in [1.807, 2.05) is 0 Å². The highest BCUT2D eigenvalue weighted by Gasteiger charge is 2.55. The Hall–Kier alpha value is -0.570. The van der Waals surface area contributed by atoms with Crippen LogP contribution in [0.1, 0.15) is 12.8 Å². The molecule has 2 fully saturated rings. The van der Waals surface area contributed by atoms with Crippen LogP contribution >= 0.6 is 11.6 Å². The van der Waals surface area contributed by atoms with Crippen LogP contribution in [-0.4, -0.2) is 22.2 Å². The first-order valence-electron chi connectivity index (χ1n) is 4.01. The maximum absolute atomic E-state index is 11.2. The Balaban J connectivity index is 2.28. The molecule has 4 heteroatoms. The molecule has 2 saturated carbocycles. The summed E-state index contributed by atoms with van der Waals surface area (Å²) in [4.78, 5) is 21.9. The van der Waals surface area contributed by atoms with E-state index in [1.165, 1.54) is 0 Å². The summed E-state index contributed by atoms with van der Waals surface area (Å²) < 4.78 is 0. The van der Waals surface area contributed by atoms with Gasteiger partial charge in [0.25, 0.3) is 0 Å². The fraction of sp³-hybridized carbons (Fsp3) is 0.750. The van der Waals surface area contributed by atoms with E-state index in [1.54, 1.807) is 0 Å². The largest absolute Gasteiger partial charge is 0.481 e. The Morgan fingerprint density at radius 1 is 1.58 bits per heavy atom. The van der Waals surface area contributed by atoms with Crippen LogP contribution in [0.2, 0.25) is 0 Å². The van der Waals surface area contributed by atoms with Crippen molar-refractivity contribution in [2.45, 2.75) is 18.2 Å². The van der Waals surface area contributed by atoms with Crippen molar-refractivity contribution in [3.05, 3.63) is 0 Å². The number of aliphatic carboxylic acids is 1. The van der Waals surface area contributed by atoms with Crippen molar-refractivity contribution < 1.29 is 14.7 Å². The Kier molecular flexibility index (Phi) is 1.65. The number of Topliss-reactive ketones (excluding diaryl/α,β-unsaturated/α-hetero) is 1. The van der Waals surface area contributed by atoms with E-state index >= 15 is 0 Å². The number of carbonyl (C=O) groups is 2. The summed E-state index contributed by atoms with van der Waals surface area (Å²) in [6.07, 6.45) is 0.928. The van der Waals surface area contributed by atoms with Gasteiger partial charge in [0, 0.05) is 17.7 Å². The molecule has 0 unspecified atom stereocenters. The van der Waals surface area contributed by atoms with Crippen LogP contribution in [0.4, 0.5) is 0 Å². The average molecular weight is 189 g/mol. The molecule has 0 aliphatic heterocycles. The topological polar surface area (TPSA) is 54.4 Å². The fourth-order valence-corrected chi connectivity index (χ4v) is 2.85. The second-order valence-electron chi connectivity index (χ2n) is 3.56. The average Bonchev–Trinajstić information content (AvgIpc) is 2.41. The normalized spacial score (nSPS) is 45.2. The number of carbonyl (C=O) groups excluding carboxylic acids is 1. The van der Waals surface area contributed by atoms with Crippen molar-refractivity contribution in [2.24, 2.45) is 17.8 Å². The van der Waals surface area contributed by atoms with Gasteiger partial charge in [0.2, 0.25) is 0 Å². The van der Waals surface area contributed by atoms with Gasteiger partial charge in [-0.1, -0.05) is 0 Å². The monoisotopic (exact) mass is 188 g/mol. The minimum absolute atomic E-state index is 0.0873. The van der Waals surface area contributed by atoms with E-state index < -0.39 is 11.9 Å². The molecule has 0 amide bonds. The Morgan fingerprint density at radius 3 is 2.58 bits per heavy atom. The molecule has 0 heterocycles. The fourth-order valence-electron chi connectivity index (χ4n) is 2.41. The van der Waals surface area contributed by atoms with E-state index in [4.69, 9.17) is 16.7 Å². The molecular formula is C8H9ClO3. The quantitative estimate of drug-likeness (QED) is 0.623. The molecule has 0 spiro atoms. The van der Waals surface area contributed by atoms with Crippen molar-refractivity contribution in [1.29, 1.82) is 0 Å². The van der Waals surface area contributed by atoms with E-state index in [2.05, 4.69) is 0 Å². The molecule has 4 atom stereocenters. The molecule has 2 aliphatic carbocycles. The number of ketones is 1. The van der Waals surface area contributed by atoms with Crippen LogP contribution in [0.5, 0.6) is 0 Å². The standard InChI is InChI=1S/C8H9ClO3/c9-5-1-4-6(10)2-3(5)7(4)8(11)12/h3-5,7H,1-2H2,(H,11,12)/t3-,4+,5-,7-/m1/s1. The third-order valence-electron chi connectivity index (χ3n) is 2.97. The molecule has 0 aromatic heterocycles. The maximum atomic E-state index is 11.2. The molecule has 1 N–H and O–H groups in total. The summed E-state index contributed by atoms with van der Waals surface area (Å²) in [6.45, 7) is 0. The highest BCUT2D eigenvalue weighted by atomic mass is 35.5. The number of fused-ring (bicyclic) bond motifs is 2. The van der Waals surface area contributed by atoms with Gasteiger partial charge in [0.15, 0.2) is 0 Å². The lowest BCUT2D eigenvalue weighted by molar-refractivity contribution is -0.144. The minimum atomic E-state index is -0.862. The number of carboxylic acid groups (broad SMARTS) is 1. The molecule has 0 aromatic carbocycles. The van der Waals surface area contributed by atoms with Crippen molar-refractivity contribution in [3.63, 3.8) is 0 Å². The number of rotatable bonds is 1. The Bertz CT molecular complexity index is 251. The zero-order valence-corrected chi connectivity index (χ0v) is 7.12. The van der Waals surface area contributed by atoms with E-state index in [9.17, 15) is 9.59 Å². The molecule has 66 valence electrons. The molecular weight excluding hydrogens is 180 g/mol. The van der Waals surface area contributed by atoms with Gasteiger partial charge in [-0.15, -0.1) is 11.6 Å². The second kappa shape index (κ2) is 2.46. The van der Waals surface area contributed by atoms with Crippen LogP contribution in [0, 0.1) is 17.8 Å². The van der Waals surface area contributed by atoms with Crippen molar-refractivity contribution in [1.82, 2.24) is 0 Å². The summed E-state index contributed by atoms with van der Waals surface area (Å²) >= 11 is 5.90. The van der Waals surface area contributed by atoms with Gasteiger partial charge in [-0.05, 0) is 12.3 Å². The number of hydrogen-bond donors (Lipinski definition) is 1. The van der Waals surface area contributed by atoms with Gasteiger partial charge in [-0.25, -0.2) is 0 Å². The zero-order valence-electron chi connectivity index (χ0n) is 6.37. The third-order valence-corrected chi connectivity index (χ3v) is 3.48. The van der Waals surface area contributed by atoms with Crippen LogP contribution in [-0.2, 0) is 9.59 Å². The highest BCUT2D eigenvalue weighted by Crippen LogP contribution is 2.49. The highest BCUT2D eigenvalue weighted by molar-refractivity contribution is 6.22. The van der Waals surface area contributed by atoms with Crippen LogP contribution < -0.4 is 0 Å². The first-order valence-corrected chi connectivity index (χ1v) is 4.44. The molecule has 3 nitrogen and oxygen atoms in total. The van der Waals surface area contributed by atoms with Crippen LogP contribution in [0.15, 0.2) is 0 Å². The van der Waals surface area contributed by atoms with Gasteiger partial charge >= 0.3 is 5.97 Å². The van der Waals surface area contributed by atoms with Crippen LogP contribution in [0.25, 0.3) is 0 Å². The summed E-state index contributed by atoms with van der Waals surface area (Å²) in [5.74, 6) is -1.68. The Morgan fingerprint density at radius 2 is 2.25 bits per heavy atom. The summed E-state index contributed by atoms with van der Waals surface area (Å²) in [6, 6.07) is 0. The minimum Gasteiger partial charge on any atom is -0.481 e. The van der Waals surface area contributed by atoms with Crippen molar-refractivity contribution in [3.8, 4) is 0 Å². The predicted molar refractivity (Wildman–Crippen MR) is 42.0 cm³/mol. The third kappa shape index (κ3) is 0.891. The Labute approximate surface area is 74.7 Å². The van der Waals surface area contributed by atoms with Crippen molar-refractivity contribution >= 4 is 23.4 Å². The summed E-state index contributed by atoms with van der Waals surface area (Å²) in [7, 11) is 0. The zero-order chi connectivity index (χ0) is 8.88. The maximum Gasteiger partial charge on any atom is 0.307 e. The molecule has 12 heavy (non-hydrogen) atoms. The van der Waals surface area contributed by atoms with Gasteiger partial charge in [-0.3, -0.25) is 9.59 Å². The van der Waals surface area contributed by atoms with E-state index in [0.717, 1.165) is 0 Å². The second-order valence-corrected chi connectivity index (χ2v) is 4.12. The van der Waals surface area contributed by atoms with Gasteiger partial charge in [0.1, 0.15) is 5.78 Å². The smallest absolute Gasteiger partial charge is 0.307 e. The first kappa shape index (κ1) is 8.05. The lowest BCUT2D eigenvalue weighted by Crippen LogP contribution is -2.20. The molecule has 2 bridgehead atoms. The first-order chi connectivity index (χ1) is 5.61. The molecule has 0 saturated heterocycles. The van der Waals surface area contributed by atoms with Gasteiger partial charge in [0.05, 0.1) is 5.92 Å².